The van der Waals surface area contributed by atoms with E-state index in [0.717, 1.165) is 25.9 Å². The van der Waals surface area contributed by atoms with Crippen LogP contribution in [0.25, 0.3) is 0 Å². The Kier molecular flexibility index (Phi) is 4.57. The lowest BCUT2D eigenvalue weighted by Crippen LogP contribution is -2.40. The van der Waals surface area contributed by atoms with Gasteiger partial charge in [-0.1, -0.05) is 0 Å². The first kappa shape index (κ1) is 12.6. The molecule has 0 aliphatic carbocycles. The van der Waals surface area contributed by atoms with Gasteiger partial charge in [-0.05, 0) is 48.6 Å². The molecule has 0 spiro atoms. The third-order valence-electron chi connectivity index (χ3n) is 3.13. The van der Waals surface area contributed by atoms with Gasteiger partial charge < -0.3 is 10.1 Å². The Labute approximate surface area is 106 Å². The molecule has 2 rings (SSSR count). The Morgan fingerprint density at radius 3 is 3.24 bits per heavy atom. The van der Waals surface area contributed by atoms with Crippen molar-refractivity contribution in [2.45, 2.75) is 44.8 Å². The van der Waals surface area contributed by atoms with Crippen molar-refractivity contribution in [3.05, 3.63) is 22.4 Å². The second kappa shape index (κ2) is 6.17. The van der Waals surface area contributed by atoms with Crippen LogP contribution in [-0.4, -0.2) is 24.7 Å². The van der Waals surface area contributed by atoms with Crippen LogP contribution in [0.5, 0.6) is 0 Å². The Morgan fingerprint density at radius 1 is 1.71 bits per heavy atom. The van der Waals surface area contributed by atoms with Crippen molar-refractivity contribution in [1.29, 1.82) is 0 Å². The SMILES string of the molecule is CC(NC(=O)CCc1ccsc1)C1CCCO1. The first-order valence-corrected chi connectivity index (χ1v) is 7.12. The smallest absolute Gasteiger partial charge is 0.220 e. The van der Waals surface area contributed by atoms with Crippen LogP contribution in [0.3, 0.4) is 0 Å². The molecule has 0 aromatic carbocycles. The third-order valence-corrected chi connectivity index (χ3v) is 3.86. The normalized spacial score (nSPS) is 21.4. The molecule has 0 radical (unpaired) electrons. The number of hydrogen-bond acceptors (Lipinski definition) is 3. The maximum Gasteiger partial charge on any atom is 0.220 e. The van der Waals surface area contributed by atoms with Gasteiger partial charge in [-0.3, -0.25) is 4.79 Å². The molecule has 2 unspecified atom stereocenters. The van der Waals surface area contributed by atoms with E-state index in [1.54, 1.807) is 11.3 Å². The van der Waals surface area contributed by atoms with Crippen LogP contribution >= 0.6 is 11.3 Å². The van der Waals surface area contributed by atoms with E-state index in [4.69, 9.17) is 4.74 Å². The molecule has 1 fully saturated rings. The van der Waals surface area contributed by atoms with Gasteiger partial charge in [-0.2, -0.15) is 11.3 Å². The van der Waals surface area contributed by atoms with Crippen molar-refractivity contribution in [2.24, 2.45) is 0 Å². The average Bonchev–Trinajstić information content (AvgIpc) is 2.99. The van der Waals surface area contributed by atoms with Crippen LogP contribution in [0.2, 0.25) is 0 Å². The summed E-state index contributed by atoms with van der Waals surface area (Å²) in [5.74, 6) is 0.124. The standard InChI is InChI=1S/C13H19NO2S/c1-10(12-3-2-7-16-12)14-13(15)5-4-11-6-8-17-9-11/h6,8-10,12H,2-5,7H2,1H3,(H,14,15). The molecule has 2 heterocycles. The fourth-order valence-electron chi connectivity index (χ4n) is 2.11. The third kappa shape index (κ3) is 3.82. The zero-order valence-electron chi connectivity index (χ0n) is 10.1. The van der Waals surface area contributed by atoms with Crippen molar-refractivity contribution < 1.29 is 9.53 Å². The van der Waals surface area contributed by atoms with Gasteiger partial charge in [0.1, 0.15) is 0 Å². The van der Waals surface area contributed by atoms with E-state index in [0.29, 0.717) is 6.42 Å². The highest BCUT2D eigenvalue weighted by Crippen LogP contribution is 2.15. The molecule has 1 N–H and O–H groups in total. The van der Waals surface area contributed by atoms with Crippen molar-refractivity contribution in [2.75, 3.05) is 6.61 Å². The molecule has 17 heavy (non-hydrogen) atoms. The summed E-state index contributed by atoms with van der Waals surface area (Å²) in [7, 11) is 0. The summed E-state index contributed by atoms with van der Waals surface area (Å²) in [6.45, 7) is 2.86. The van der Waals surface area contributed by atoms with Crippen LogP contribution < -0.4 is 5.32 Å². The number of carbonyl (C=O) groups is 1. The Hall–Kier alpha value is -0.870. The van der Waals surface area contributed by atoms with E-state index in [9.17, 15) is 4.79 Å². The van der Waals surface area contributed by atoms with Crippen LogP contribution in [0.1, 0.15) is 31.7 Å². The number of nitrogens with one attached hydrogen (secondary N) is 1. The average molecular weight is 253 g/mol. The predicted octanol–water partition coefficient (Wildman–Crippen LogP) is 2.36. The van der Waals surface area contributed by atoms with E-state index in [-0.39, 0.29) is 18.1 Å². The maximum atomic E-state index is 11.7. The largest absolute Gasteiger partial charge is 0.376 e. The van der Waals surface area contributed by atoms with Crippen molar-refractivity contribution in [1.82, 2.24) is 5.32 Å². The van der Waals surface area contributed by atoms with Gasteiger partial charge in [0.15, 0.2) is 0 Å². The summed E-state index contributed by atoms with van der Waals surface area (Å²) >= 11 is 1.67. The Morgan fingerprint density at radius 2 is 2.59 bits per heavy atom. The van der Waals surface area contributed by atoms with E-state index in [1.165, 1.54) is 5.56 Å². The zero-order valence-corrected chi connectivity index (χ0v) is 11.0. The van der Waals surface area contributed by atoms with Gasteiger partial charge in [-0.25, -0.2) is 0 Å². The molecule has 2 atom stereocenters. The van der Waals surface area contributed by atoms with Gasteiger partial charge >= 0.3 is 0 Å². The lowest BCUT2D eigenvalue weighted by atomic mass is 10.1. The number of aryl methyl sites for hydroxylation is 1. The number of carbonyl (C=O) groups excluding carboxylic acids is 1. The monoisotopic (exact) mass is 253 g/mol. The highest BCUT2D eigenvalue weighted by Gasteiger charge is 2.23. The number of rotatable bonds is 5. The molecule has 94 valence electrons. The fraction of sp³-hybridized carbons (Fsp3) is 0.615. The van der Waals surface area contributed by atoms with Gasteiger partial charge in [0.05, 0.1) is 12.1 Å². The number of hydrogen-bond donors (Lipinski definition) is 1. The lowest BCUT2D eigenvalue weighted by Gasteiger charge is -2.19. The lowest BCUT2D eigenvalue weighted by molar-refractivity contribution is -0.122. The van der Waals surface area contributed by atoms with Gasteiger partial charge in [-0.15, -0.1) is 0 Å². The second-order valence-corrected chi connectivity index (χ2v) is 5.32. The van der Waals surface area contributed by atoms with Crippen molar-refractivity contribution >= 4 is 17.2 Å². The second-order valence-electron chi connectivity index (χ2n) is 4.54. The fourth-order valence-corrected chi connectivity index (χ4v) is 2.81. The summed E-state index contributed by atoms with van der Waals surface area (Å²) in [6.07, 6.45) is 3.77. The Bertz CT molecular complexity index is 344. The van der Waals surface area contributed by atoms with E-state index in [2.05, 4.69) is 16.8 Å². The number of ether oxygens (including phenoxy) is 1. The molecule has 1 amide bonds. The first-order chi connectivity index (χ1) is 8.25. The van der Waals surface area contributed by atoms with E-state index >= 15 is 0 Å². The minimum absolute atomic E-state index is 0.124. The molecule has 3 nitrogen and oxygen atoms in total. The number of thiophene rings is 1. The highest BCUT2D eigenvalue weighted by atomic mass is 32.1. The maximum absolute atomic E-state index is 11.7. The molecule has 0 bridgehead atoms. The quantitative estimate of drug-likeness (QED) is 0.875. The molecule has 4 heteroatoms. The van der Waals surface area contributed by atoms with Crippen LogP contribution in [0.15, 0.2) is 16.8 Å². The molecule has 1 aliphatic heterocycles. The van der Waals surface area contributed by atoms with Crippen molar-refractivity contribution in [3.63, 3.8) is 0 Å². The van der Waals surface area contributed by atoms with Gasteiger partial charge in [0.2, 0.25) is 5.91 Å². The van der Waals surface area contributed by atoms with Crippen LogP contribution in [-0.2, 0) is 16.0 Å². The molecule has 1 aromatic rings. The highest BCUT2D eigenvalue weighted by molar-refractivity contribution is 7.07. The van der Waals surface area contributed by atoms with E-state index < -0.39 is 0 Å². The molecular formula is C13H19NO2S. The van der Waals surface area contributed by atoms with Crippen LogP contribution in [0, 0.1) is 0 Å². The van der Waals surface area contributed by atoms with Gasteiger partial charge in [0, 0.05) is 13.0 Å². The summed E-state index contributed by atoms with van der Waals surface area (Å²) in [4.78, 5) is 11.7. The number of amides is 1. The summed E-state index contributed by atoms with van der Waals surface area (Å²) in [6, 6.07) is 2.20. The Balaban J connectivity index is 1.69. The predicted molar refractivity (Wildman–Crippen MR) is 69.2 cm³/mol. The molecule has 1 aliphatic rings. The van der Waals surface area contributed by atoms with Crippen molar-refractivity contribution in [3.8, 4) is 0 Å². The molecule has 1 aromatic heterocycles. The molecule has 1 saturated heterocycles. The molecular weight excluding hydrogens is 234 g/mol. The van der Waals surface area contributed by atoms with Crippen LogP contribution in [0.4, 0.5) is 0 Å². The zero-order chi connectivity index (χ0) is 12.1. The minimum atomic E-state index is 0.124. The van der Waals surface area contributed by atoms with E-state index in [1.807, 2.05) is 12.3 Å². The first-order valence-electron chi connectivity index (χ1n) is 6.18. The summed E-state index contributed by atoms with van der Waals surface area (Å²) in [5.41, 5.74) is 1.25. The topological polar surface area (TPSA) is 38.3 Å². The molecule has 0 saturated carbocycles. The minimum Gasteiger partial charge on any atom is -0.376 e. The van der Waals surface area contributed by atoms with Gasteiger partial charge in [0.25, 0.3) is 0 Å². The summed E-state index contributed by atoms with van der Waals surface area (Å²) < 4.78 is 5.55. The summed E-state index contributed by atoms with van der Waals surface area (Å²) in [5, 5.41) is 7.16.